The van der Waals surface area contributed by atoms with Crippen LogP contribution >= 0.6 is 45.2 Å². The number of carbonyl (C=O) groups is 3. The predicted octanol–water partition coefficient (Wildman–Crippen LogP) is 8.18. The van der Waals surface area contributed by atoms with E-state index in [0.717, 1.165) is 74.2 Å². The third-order valence-corrected chi connectivity index (χ3v) is 11.8. The van der Waals surface area contributed by atoms with Crippen LogP contribution in [0.3, 0.4) is 0 Å². The van der Waals surface area contributed by atoms with E-state index in [1.807, 2.05) is 42.5 Å². The van der Waals surface area contributed by atoms with Crippen molar-refractivity contribution in [1.82, 2.24) is 15.8 Å². The second-order valence-corrected chi connectivity index (χ2v) is 16.0. The summed E-state index contributed by atoms with van der Waals surface area (Å²) in [5, 5.41) is 17.3. The van der Waals surface area contributed by atoms with Crippen LogP contribution in [0.1, 0.15) is 70.0 Å². The van der Waals surface area contributed by atoms with Gasteiger partial charge in [-0.2, -0.15) is 13.2 Å². The molecule has 3 aliphatic heterocycles. The maximum Gasteiger partial charge on any atom is 0.416 e. The van der Waals surface area contributed by atoms with Crippen LogP contribution < -0.4 is 26.0 Å². The molecule has 0 fully saturated rings. The molecule has 2 amide bonds. The van der Waals surface area contributed by atoms with Crippen LogP contribution in [-0.2, 0) is 36.9 Å². The zero-order chi connectivity index (χ0) is 41.8. The number of hydrogen-bond acceptors (Lipinski definition) is 9. The van der Waals surface area contributed by atoms with Gasteiger partial charge in [0.1, 0.15) is 5.75 Å². The van der Waals surface area contributed by atoms with Crippen LogP contribution in [0.4, 0.5) is 24.5 Å². The fraction of sp³-hybridized carbons (Fsp3) is 0.209. The molecule has 0 radical (unpaired) electrons. The van der Waals surface area contributed by atoms with Crippen molar-refractivity contribution in [2.45, 2.75) is 32.1 Å². The number of fused-ring (bicyclic) bond motifs is 2. The van der Waals surface area contributed by atoms with Gasteiger partial charge < -0.3 is 26.0 Å². The molecule has 0 atom stereocenters. The summed E-state index contributed by atoms with van der Waals surface area (Å²) in [5.41, 5.74) is 6.84. The number of hydrogen-bond donors (Lipinski definition) is 4. The number of alkyl halides is 3. The van der Waals surface area contributed by atoms with Crippen molar-refractivity contribution in [2.75, 3.05) is 37.9 Å². The number of carbonyl (C=O) groups excluding carboxylic acids is 3. The van der Waals surface area contributed by atoms with E-state index in [4.69, 9.17) is 9.57 Å². The molecule has 4 N–H and O–H groups in total. The minimum atomic E-state index is -4.53. The minimum Gasteiger partial charge on any atom is -0.496 e. The van der Waals surface area contributed by atoms with Crippen molar-refractivity contribution in [2.24, 2.45) is 5.10 Å². The molecule has 59 heavy (non-hydrogen) atoms. The molecule has 0 bridgehead atoms. The number of rotatable bonds is 9. The van der Waals surface area contributed by atoms with Gasteiger partial charge in [-0.15, -0.1) is 10.3 Å². The van der Waals surface area contributed by atoms with Gasteiger partial charge >= 0.3 is 6.18 Å². The van der Waals surface area contributed by atoms with Crippen molar-refractivity contribution in [3.05, 3.63) is 154 Å². The van der Waals surface area contributed by atoms with Crippen molar-refractivity contribution in [3.8, 4) is 5.75 Å². The second kappa shape index (κ2) is 18.2. The number of amidine groups is 1. The molecule has 5 aromatic carbocycles. The lowest BCUT2D eigenvalue weighted by atomic mass is 9.99. The number of methoxy groups -OCH3 is 1. The number of hydrazone groups is 1. The van der Waals surface area contributed by atoms with Gasteiger partial charge in [0.25, 0.3) is 11.8 Å². The molecule has 0 unspecified atom stereocenters. The summed E-state index contributed by atoms with van der Waals surface area (Å²) in [7, 11) is 2.85. The Morgan fingerprint density at radius 2 is 1.32 bits per heavy atom. The Hall–Kier alpha value is -4.89. The number of nitrogens with zero attached hydrogens (tertiary/aromatic N) is 2. The highest BCUT2D eigenvalue weighted by molar-refractivity contribution is 14.1. The fourth-order valence-corrected chi connectivity index (χ4v) is 8.81. The van der Waals surface area contributed by atoms with E-state index in [9.17, 15) is 27.6 Å². The Balaban J connectivity index is 0.000000179. The monoisotopic (exact) mass is 1030 g/mol. The van der Waals surface area contributed by atoms with E-state index in [-0.39, 0.29) is 28.7 Å². The van der Waals surface area contributed by atoms with Crippen LogP contribution in [-0.4, -0.2) is 55.9 Å². The molecular formula is C43H37F3I2N6O5. The molecule has 11 nitrogen and oxygen atoms in total. The first kappa shape index (κ1) is 42.2. The molecule has 3 aliphatic rings. The third-order valence-electron chi connectivity index (χ3n) is 9.90. The van der Waals surface area contributed by atoms with E-state index in [2.05, 4.69) is 71.6 Å². The number of anilines is 2. The average molecular weight is 1030 g/mol. The largest absolute Gasteiger partial charge is 0.496 e. The third kappa shape index (κ3) is 9.78. The number of amides is 2. The molecule has 0 saturated carbocycles. The standard InChI is InChI=1S/C24H21IN2O3.C19H16F3IN4O2/c1-30-22-8-7-16(23(28)15-5-3-2-4-6-15)12-20(22)24(29)27-18-11-17-14-26-10-9-19(17)21(25)13-18;1-29-27-17(26-27)15-7-11(19(20,21)22)2-3-14(15)18(28)25-12-6-10-9-24-5-4-13(10)16(23)8-12/h2-8,11-13,26H,9-10,14H2,1H3,(H,27,29);2-3,6-8,24H,4-5,9H2,1H3,(H,25,28). The second-order valence-electron chi connectivity index (χ2n) is 13.7. The summed E-state index contributed by atoms with van der Waals surface area (Å²) in [6.07, 6.45) is -2.63. The molecule has 0 saturated heterocycles. The van der Waals surface area contributed by atoms with Gasteiger partial charge in [0.15, 0.2) is 5.78 Å². The van der Waals surface area contributed by atoms with Gasteiger partial charge in [0.05, 0.1) is 30.9 Å². The highest BCUT2D eigenvalue weighted by Crippen LogP contribution is 2.34. The number of benzene rings is 5. The Labute approximate surface area is 365 Å². The normalized spacial score (nSPS) is 14.2. The van der Waals surface area contributed by atoms with Crippen molar-refractivity contribution >= 4 is 80.0 Å². The molecular weight excluding hydrogens is 991 g/mol. The van der Waals surface area contributed by atoms with E-state index in [0.29, 0.717) is 34.7 Å². The molecule has 8 rings (SSSR count). The highest BCUT2D eigenvalue weighted by Gasteiger charge is 2.36. The van der Waals surface area contributed by atoms with Gasteiger partial charge in [-0.1, -0.05) is 30.3 Å². The number of nitrogens with one attached hydrogen (secondary N) is 4. The van der Waals surface area contributed by atoms with Crippen LogP contribution in [0.25, 0.3) is 0 Å². The Bertz CT molecular complexity index is 2480. The summed E-state index contributed by atoms with van der Waals surface area (Å²) < 4.78 is 46.9. The number of hydroxylamine groups is 1. The Morgan fingerprint density at radius 3 is 1.86 bits per heavy atom. The lowest BCUT2D eigenvalue weighted by molar-refractivity contribution is -0.137. The fourth-order valence-electron chi connectivity index (χ4n) is 6.91. The maximum atomic E-state index is 13.1. The number of halogens is 5. The smallest absolute Gasteiger partial charge is 0.416 e. The Kier molecular flexibility index (Phi) is 13.0. The first-order valence-corrected chi connectivity index (χ1v) is 20.6. The maximum absolute atomic E-state index is 13.1. The predicted molar refractivity (Wildman–Crippen MR) is 235 cm³/mol. The summed E-state index contributed by atoms with van der Waals surface area (Å²) in [5.74, 6) is -0.367. The van der Waals surface area contributed by atoms with Gasteiger partial charge in [0, 0.05) is 48.3 Å². The summed E-state index contributed by atoms with van der Waals surface area (Å²) >= 11 is 4.55. The van der Waals surface area contributed by atoms with Crippen LogP contribution in [0.15, 0.2) is 96.1 Å². The molecule has 0 aliphatic carbocycles. The quantitative estimate of drug-likeness (QED) is 0.0860. The highest BCUT2D eigenvalue weighted by atomic mass is 127. The molecule has 0 aromatic heterocycles. The topological polar surface area (TPSA) is 133 Å². The van der Waals surface area contributed by atoms with Crippen LogP contribution in [0, 0.1) is 7.14 Å². The summed E-state index contributed by atoms with van der Waals surface area (Å²) in [6, 6.07) is 24.6. The van der Waals surface area contributed by atoms with E-state index in [1.165, 1.54) is 30.9 Å². The van der Waals surface area contributed by atoms with Gasteiger partial charge in [-0.25, -0.2) is 0 Å². The molecule has 16 heteroatoms. The van der Waals surface area contributed by atoms with Gasteiger partial charge in [-0.3, -0.25) is 19.2 Å². The van der Waals surface area contributed by atoms with E-state index in [1.54, 1.807) is 30.3 Å². The molecule has 304 valence electrons. The van der Waals surface area contributed by atoms with E-state index < -0.39 is 17.6 Å². The molecule has 0 spiro atoms. The first-order valence-electron chi connectivity index (χ1n) is 18.4. The average Bonchev–Trinajstić information content (AvgIpc) is 4.03. The van der Waals surface area contributed by atoms with Gasteiger partial charge in [0.2, 0.25) is 5.84 Å². The SMILES string of the molecule is CON1N=C1c1cc(C(F)(F)F)ccc1C(=O)Nc1cc(I)c2c(c1)CNCC2.COc1ccc(C(=O)c2ccccc2)cc1C(=O)Nc1cc(I)c2c(c1)CNCC2. The zero-order valence-corrected chi connectivity index (χ0v) is 36.0. The van der Waals surface area contributed by atoms with Crippen molar-refractivity contribution < 1.29 is 37.1 Å². The molecule has 5 aromatic rings. The lowest BCUT2D eigenvalue weighted by Crippen LogP contribution is -2.25. The van der Waals surface area contributed by atoms with Crippen molar-refractivity contribution in [1.29, 1.82) is 0 Å². The summed E-state index contributed by atoms with van der Waals surface area (Å²) in [6.45, 7) is 3.37. The lowest BCUT2D eigenvalue weighted by Gasteiger charge is -2.20. The zero-order valence-electron chi connectivity index (χ0n) is 31.7. The minimum absolute atomic E-state index is 0.0634. The van der Waals surface area contributed by atoms with Crippen molar-refractivity contribution in [3.63, 3.8) is 0 Å². The van der Waals surface area contributed by atoms with Crippen LogP contribution in [0.5, 0.6) is 5.75 Å². The first-order chi connectivity index (χ1) is 28.3. The van der Waals surface area contributed by atoms with Crippen LogP contribution in [0.2, 0.25) is 0 Å². The van der Waals surface area contributed by atoms with E-state index >= 15 is 0 Å². The number of ketones is 1. The molecule has 3 heterocycles. The Morgan fingerprint density at radius 1 is 0.729 bits per heavy atom. The summed E-state index contributed by atoms with van der Waals surface area (Å²) in [4.78, 5) is 43.6. The van der Waals surface area contributed by atoms with Gasteiger partial charge in [-0.05, 0) is 154 Å². The number of ether oxygens (including phenoxy) is 1.